The number of aryl methyl sites for hydroxylation is 2. The Morgan fingerprint density at radius 2 is 1.37 bits per heavy atom. The first-order chi connectivity index (χ1) is 25.0. The number of ether oxygens (including phenoxy) is 2. The molecular weight excluding hydrogens is 633 g/mol. The normalized spacial score (nSPS) is 11.7. The first-order valence-electron chi connectivity index (χ1n) is 17.7. The molecule has 0 aliphatic heterocycles. The fourth-order valence-corrected chi connectivity index (χ4v) is 6.69. The highest BCUT2D eigenvalue weighted by Gasteiger charge is 2.24. The fraction of sp³-hybridized carbons (Fsp3) is 0.227. The van der Waals surface area contributed by atoms with Crippen molar-refractivity contribution in [2.24, 2.45) is 5.73 Å². The number of nitrogens with two attached hydrogens (primary N) is 1. The molecule has 0 unspecified atom stereocenters. The molecule has 0 radical (unpaired) electrons. The molecule has 1 heterocycles. The molecule has 3 N–H and O–H groups in total. The monoisotopic (exact) mass is 676 g/mol. The smallest absolute Gasteiger partial charge is 0.251 e. The lowest BCUT2D eigenvalue weighted by atomic mass is 10.0. The minimum absolute atomic E-state index is 0.131. The molecule has 0 saturated carbocycles. The zero-order valence-corrected chi connectivity index (χ0v) is 29.3. The van der Waals surface area contributed by atoms with Crippen molar-refractivity contribution in [3.8, 4) is 45.0 Å². The van der Waals surface area contributed by atoms with E-state index in [-0.39, 0.29) is 5.91 Å². The summed E-state index contributed by atoms with van der Waals surface area (Å²) in [4.78, 5) is 18.4. The lowest BCUT2D eigenvalue weighted by Gasteiger charge is -2.15. The predicted molar refractivity (Wildman–Crippen MR) is 205 cm³/mol. The third kappa shape index (κ3) is 7.71. The second kappa shape index (κ2) is 15.7. The Bertz CT molecular complexity index is 2120. The number of imidazole rings is 1. The maximum atomic E-state index is 12.9. The first kappa shape index (κ1) is 34.1. The van der Waals surface area contributed by atoms with E-state index in [2.05, 4.69) is 115 Å². The Morgan fingerprint density at radius 1 is 0.725 bits per heavy atom. The Kier molecular flexibility index (Phi) is 10.5. The number of aromatic nitrogens is 2. The van der Waals surface area contributed by atoms with Crippen LogP contribution in [0.15, 0.2) is 115 Å². The lowest BCUT2D eigenvalue weighted by molar-refractivity contribution is 0.0511. The topological polar surface area (TPSA) is 91.4 Å². The summed E-state index contributed by atoms with van der Waals surface area (Å²) in [5.74, 6) is 0.775. The molecule has 7 nitrogen and oxygen atoms in total. The number of hydrogen-bond acceptors (Lipinski definition) is 5. The van der Waals surface area contributed by atoms with Gasteiger partial charge < -0.3 is 25.1 Å². The molecule has 51 heavy (non-hydrogen) atoms. The van der Waals surface area contributed by atoms with Crippen LogP contribution in [0.5, 0.6) is 0 Å². The van der Waals surface area contributed by atoms with E-state index in [1.807, 2.05) is 24.3 Å². The summed E-state index contributed by atoms with van der Waals surface area (Å²) in [6.07, 6.45) is 0.945. The maximum Gasteiger partial charge on any atom is 0.251 e. The van der Waals surface area contributed by atoms with Crippen molar-refractivity contribution < 1.29 is 14.3 Å². The number of rotatable bonds is 14. The molecule has 0 fully saturated rings. The van der Waals surface area contributed by atoms with Crippen LogP contribution in [0.3, 0.4) is 0 Å². The van der Waals surface area contributed by atoms with Gasteiger partial charge in [-0.25, -0.2) is 4.98 Å². The predicted octanol–water partition coefficient (Wildman–Crippen LogP) is 7.84. The van der Waals surface area contributed by atoms with Crippen LogP contribution < -0.4 is 11.1 Å². The van der Waals surface area contributed by atoms with E-state index in [4.69, 9.17) is 20.2 Å². The maximum absolute atomic E-state index is 12.9. The van der Waals surface area contributed by atoms with Crippen LogP contribution in [0.25, 0.3) is 45.0 Å². The van der Waals surface area contributed by atoms with E-state index < -0.39 is 0 Å². The molecule has 258 valence electrons. The molecule has 0 spiro atoms. The van der Waals surface area contributed by atoms with Gasteiger partial charge in [0.15, 0.2) is 0 Å². The third-order valence-corrected chi connectivity index (χ3v) is 9.40. The Labute approximate surface area is 300 Å². The van der Waals surface area contributed by atoms with Crippen molar-refractivity contribution in [1.29, 1.82) is 0 Å². The number of carbonyl (C=O) groups excluding carboxylic acids is 1. The number of nitrogens with zero attached hydrogens (tertiary/aromatic N) is 2. The number of amides is 1. The van der Waals surface area contributed by atoms with Gasteiger partial charge in [0.2, 0.25) is 0 Å². The summed E-state index contributed by atoms with van der Waals surface area (Å²) < 4.78 is 13.2. The zero-order valence-electron chi connectivity index (χ0n) is 29.3. The molecule has 0 atom stereocenters. The molecule has 7 heteroatoms. The van der Waals surface area contributed by atoms with Gasteiger partial charge >= 0.3 is 0 Å². The van der Waals surface area contributed by atoms with Crippen LogP contribution in [0.2, 0.25) is 0 Å². The number of carbonyl (C=O) groups is 1. The fourth-order valence-electron chi connectivity index (χ4n) is 6.69. The van der Waals surface area contributed by atoms with Gasteiger partial charge in [-0.1, -0.05) is 108 Å². The van der Waals surface area contributed by atoms with Crippen LogP contribution >= 0.6 is 0 Å². The molecule has 0 bridgehead atoms. The van der Waals surface area contributed by atoms with Crippen molar-refractivity contribution in [2.75, 3.05) is 39.5 Å². The average Bonchev–Trinajstić information content (AvgIpc) is 3.72. The highest BCUT2D eigenvalue weighted by atomic mass is 16.5. The largest absolute Gasteiger partial charge is 0.378 e. The lowest BCUT2D eigenvalue weighted by Crippen LogP contribution is -2.27. The Hall–Kier alpha value is -5.34. The first-order valence-corrected chi connectivity index (χ1v) is 17.7. The SMILES string of the molecule is Cc1ccc(-c2nc(-c3ccc4c(c3)-c3ccccc3C4)n(Cc3ccc(C(=O)NCCOCCOCCN)cc3)c2-c2ccc(C)cc2)cc1. The van der Waals surface area contributed by atoms with Gasteiger partial charge in [0.05, 0.1) is 37.8 Å². The van der Waals surface area contributed by atoms with Crippen LogP contribution in [-0.2, 0) is 22.4 Å². The minimum Gasteiger partial charge on any atom is -0.378 e. The molecule has 0 saturated heterocycles. The summed E-state index contributed by atoms with van der Waals surface area (Å²) in [7, 11) is 0. The molecule has 6 aromatic rings. The van der Waals surface area contributed by atoms with Gasteiger partial charge in [0.25, 0.3) is 5.91 Å². The Morgan fingerprint density at radius 3 is 2.10 bits per heavy atom. The summed E-state index contributed by atoms with van der Waals surface area (Å²) in [5, 5.41) is 2.95. The van der Waals surface area contributed by atoms with Crippen molar-refractivity contribution >= 4 is 5.91 Å². The molecule has 5 aromatic carbocycles. The summed E-state index contributed by atoms with van der Waals surface area (Å²) >= 11 is 0. The molecule has 1 aliphatic carbocycles. The van der Waals surface area contributed by atoms with Gasteiger partial charge in [-0.15, -0.1) is 0 Å². The van der Waals surface area contributed by atoms with E-state index in [0.29, 0.717) is 51.6 Å². The second-order valence-corrected chi connectivity index (χ2v) is 13.1. The van der Waals surface area contributed by atoms with E-state index >= 15 is 0 Å². The van der Waals surface area contributed by atoms with Crippen molar-refractivity contribution in [3.05, 3.63) is 149 Å². The van der Waals surface area contributed by atoms with E-state index in [1.54, 1.807) is 0 Å². The van der Waals surface area contributed by atoms with E-state index in [1.165, 1.54) is 33.4 Å². The zero-order chi connectivity index (χ0) is 35.2. The summed E-state index contributed by atoms with van der Waals surface area (Å²) in [6.45, 7) is 7.60. The van der Waals surface area contributed by atoms with Crippen LogP contribution in [0.1, 0.15) is 38.2 Å². The molecule has 1 amide bonds. The molecule has 1 aliphatic rings. The van der Waals surface area contributed by atoms with Crippen LogP contribution in [0, 0.1) is 13.8 Å². The molecule has 7 rings (SSSR count). The number of nitrogens with one attached hydrogen (secondary N) is 1. The average molecular weight is 677 g/mol. The third-order valence-electron chi connectivity index (χ3n) is 9.40. The van der Waals surface area contributed by atoms with Gasteiger partial charge in [-0.2, -0.15) is 0 Å². The van der Waals surface area contributed by atoms with Crippen LogP contribution in [0.4, 0.5) is 0 Å². The highest BCUT2D eigenvalue weighted by Crippen LogP contribution is 2.41. The van der Waals surface area contributed by atoms with Gasteiger partial charge in [0.1, 0.15) is 5.82 Å². The van der Waals surface area contributed by atoms with Gasteiger partial charge in [0, 0.05) is 41.9 Å². The van der Waals surface area contributed by atoms with E-state index in [9.17, 15) is 4.79 Å². The van der Waals surface area contributed by atoms with Gasteiger partial charge in [-0.05, 0) is 66.3 Å². The standard InChI is InChI=1S/C44H44N4O3/c1-30-7-13-33(14-8-30)41-42(34-15-9-31(2)10-16-34)48(43(47-41)38-20-19-37-27-36-5-3-4-6-39(36)40(37)28-38)29-32-11-17-35(18-12-32)44(49)46-22-24-51-26-25-50-23-21-45/h3-20,28H,21-27,29,45H2,1-2H3,(H,46,49). The van der Waals surface area contributed by atoms with Gasteiger partial charge in [-0.3, -0.25) is 4.79 Å². The number of hydrogen-bond donors (Lipinski definition) is 2. The minimum atomic E-state index is -0.131. The number of benzene rings is 5. The molecular formula is C44H44N4O3. The summed E-state index contributed by atoms with van der Waals surface area (Å²) in [6, 6.07) is 40.6. The summed E-state index contributed by atoms with van der Waals surface area (Å²) in [5.41, 5.74) is 20.0. The Balaban J connectivity index is 1.23. The number of fused-ring (bicyclic) bond motifs is 3. The van der Waals surface area contributed by atoms with Crippen molar-refractivity contribution in [3.63, 3.8) is 0 Å². The van der Waals surface area contributed by atoms with Crippen molar-refractivity contribution in [2.45, 2.75) is 26.8 Å². The van der Waals surface area contributed by atoms with Crippen LogP contribution in [-0.4, -0.2) is 55.0 Å². The highest BCUT2D eigenvalue weighted by molar-refractivity contribution is 5.94. The quantitative estimate of drug-likeness (QED) is 0.115. The second-order valence-electron chi connectivity index (χ2n) is 13.1. The van der Waals surface area contributed by atoms with E-state index in [0.717, 1.165) is 45.9 Å². The van der Waals surface area contributed by atoms with Crippen molar-refractivity contribution in [1.82, 2.24) is 14.9 Å². The molecule has 1 aromatic heterocycles.